The van der Waals surface area contributed by atoms with E-state index in [-0.39, 0.29) is 42.7 Å². The molecule has 2 heterocycles. The molecule has 4 aromatic rings. The monoisotopic (exact) mass is 484 g/mol. The molecule has 0 aliphatic heterocycles. The molecule has 0 spiro atoms. The van der Waals surface area contributed by atoms with Gasteiger partial charge >= 0.3 is 0 Å². The zero-order valence-electron chi connectivity index (χ0n) is 18.4. The van der Waals surface area contributed by atoms with E-state index in [2.05, 4.69) is 4.98 Å². The van der Waals surface area contributed by atoms with Crippen molar-refractivity contribution in [3.8, 4) is 5.75 Å². The molecule has 2 aromatic carbocycles. The van der Waals surface area contributed by atoms with Crippen molar-refractivity contribution in [2.75, 3.05) is 0 Å². The lowest BCUT2D eigenvalue weighted by atomic mass is 9.93. The zero-order chi connectivity index (χ0) is 23.1. The Bertz CT molecular complexity index is 1370. The van der Waals surface area contributed by atoms with Gasteiger partial charge in [0.15, 0.2) is 28.8 Å². The van der Waals surface area contributed by atoms with E-state index >= 15 is 0 Å². The highest BCUT2D eigenvalue weighted by atomic mass is 35.5. The van der Waals surface area contributed by atoms with Gasteiger partial charge in [0.25, 0.3) is 0 Å². The van der Waals surface area contributed by atoms with Gasteiger partial charge in [0.05, 0.1) is 11.8 Å². The summed E-state index contributed by atoms with van der Waals surface area (Å²) in [5.74, 6) is -1.93. The van der Waals surface area contributed by atoms with E-state index in [0.717, 1.165) is 17.2 Å². The summed E-state index contributed by atoms with van der Waals surface area (Å²) in [6.07, 6.45) is 1.81. The van der Waals surface area contributed by atoms with E-state index in [9.17, 15) is 18.7 Å². The summed E-state index contributed by atoms with van der Waals surface area (Å²) >= 11 is 0. The smallest absolute Gasteiger partial charge is 0.182 e. The van der Waals surface area contributed by atoms with Crippen LogP contribution in [0.2, 0.25) is 0 Å². The van der Waals surface area contributed by atoms with Crippen LogP contribution in [0, 0.1) is 18.6 Å². The van der Waals surface area contributed by atoms with Crippen molar-refractivity contribution in [1.82, 2.24) is 9.38 Å². The molecule has 2 aromatic heterocycles. The lowest BCUT2D eigenvalue weighted by Crippen LogP contribution is -2.18. The highest BCUT2D eigenvalue weighted by Gasteiger charge is 2.33. The number of ketones is 1. The summed E-state index contributed by atoms with van der Waals surface area (Å²) in [5, 5.41) is 10.6. The fourth-order valence-electron chi connectivity index (χ4n) is 4.62. The Kier molecular flexibility index (Phi) is 6.68. The van der Waals surface area contributed by atoms with Crippen LogP contribution < -0.4 is 4.74 Å². The third kappa shape index (κ3) is 4.17. The molecule has 0 saturated heterocycles. The standard InChI is InChI=1S/C26H22F2N2O3.ClH/c1-15-25(22(32)13-19-18-8-3-2-6-16(18)12-21(19)31)30-11-5-10-23(26(30)29-15)33-14-17-7-4-9-20(27)24(17)28;/h2-11,19,21,31H,12-14H2,1H3;1H/t19-,21-;/m1./s1. The predicted octanol–water partition coefficient (Wildman–Crippen LogP) is 5.20. The Morgan fingerprint density at radius 3 is 2.76 bits per heavy atom. The lowest BCUT2D eigenvalue weighted by molar-refractivity contribution is 0.0915. The minimum absolute atomic E-state index is 0. The number of hydrogen-bond acceptors (Lipinski definition) is 4. The first-order chi connectivity index (χ1) is 15.9. The van der Waals surface area contributed by atoms with Gasteiger partial charge in [-0.05, 0) is 42.7 Å². The number of carbonyl (C=O) groups excluding carboxylic acids is 1. The van der Waals surface area contributed by atoms with E-state index in [1.54, 1.807) is 29.7 Å². The maximum Gasteiger partial charge on any atom is 0.182 e. The van der Waals surface area contributed by atoms with Crippen LogP contribution in [-0.2, 0) is 13.0 Å². The minimum atomic E-state index is -0.949. The molecular formula is C26H23ClF2N2O3. The first-order valence-corrected chi connectivity index (χ1v) is 10.8. The molecule has 1 N–H and O–H groups in total. The average molecular weight is 485 g/mol. The summed E-state index contributed by atoms with van der Waals surface area (Å²) in [7, 11) is 0. The number of aryl methyl sites for hydroxylation is 1. The van der Waals surface area contributed by atoms with Crippen molar-refractivity contribution in [2.45, 2.75) is 38.4 Å². The van der Waals surface area contributed by atoms with E-state index in [1.165, 1.54) is 12.1 Å². The Labute approximate surface area is 201 Å². The first kappa shape index (κ1) is 23.9. The second kappa shape index (κ2) is 9.52. The van der Waals surface area contributed by atoms with Crippen molar-refractivity contribution in [2.24, 2.45) is 0 Å². The van der Waals surface area contributed by atoms with Crippen molar-refractivity contribution in [3.05, 3.63) is 101 Å². The molecule has 34 heavy (non-hydrogen) atoms. The van der Waals surface area contributed by atoms with E-state index < -0.39 is 17.7 Å². The number of aromatic nitrogens is 2. The molecule has 0 radical (unpaired) electrons. The molecule has 0 amide bonds. The number of imidazole rings is 1. The topological polar surface area (TPSA) is 63.8 Å². The molecule has 0 saturated carbocycles. The number of fused-ring (bicyclic) bond motifs is 2. The van der Waals surface area contributed by atoms with Crippen LogP contribution in [0.4, 0.5) is 8.78 Å². The highest BCUT2D eigenvalue weighted by Crippen LogP contribution is 2.37. The second-order valence-corrected chi connectivity index (χ2v) is 8.32. The molecule has 1 aliphatic rings. The van der Waals surface area contributed by atoms with Gasteiger partial charge in [0.1, 0.15) is 12.3 Å². The Balaban J connectivity index is 0.00000274. The van der Waals surface area contributed by atoms with Gasteiger partial charge in [-0.1, -0.05) is 36.4 Å². The van der Waals surface area contributed by atoms with E-state index in [1.807, 2.05) is 24.3 Å². The zero-order valence-corrected chi connectivity index (χ0v) is 19.2. The van der Waals surface area contributed by atoms with E-state index in [0.29, 0.717) is 29.2 Å². The van der Waals surface area contributed by atoms with Gasteiger partial charge in [-0.15, -0.1) is 12.4 Å². The van der Waals surface area contributed by atoms with Crippen LogP contribution in [0.15, 0.2) is 60.8 Å². The van der Waals surface area contributed by atoms with Crippen LogP contribution >= 0.6 is 12.4 Å². The number of rotatable bonds is 6. The second-order valence-electron chi connectivity index (χ2n) is 8.32. The summed E-state index contributed by atoms with van der Waals surface area (Å²) in [6, 6.07) is 15.1. The molecule has 176 valence electrons. The van der Waals surface area contributed by atoms with Crippen molar-refractivity contribution in [3.63, 3.8) is 0 Å². The molecule has 5 nitrogen and oxygen atoms in total. The molecular weight excluding hydrogens is 462 g/mol. The summed E-state index contributed by atoms with van der Waals surface area (Å²) in [6.45, 7) is 1.57. The van der Waals surface area contributed by atoms with Crippen LogP contribution in [0.25, 0.3) is 5.65 Å². The molecule has 5 rings (SSSR count). The summed E-state index contributed by atoms with van der Waals surface area (Å²) in [5.41, 5.74) is 3.54. The van der Waals surface area contributed by atoms with Crippen molar-refractivity contribution < 1.29 is 23.4 Å². The molecule has 2 atom stereocenters. The SMILES string of the molecule is Cc1nc2c(OCc3cccc(F)c3F)cccn2c1C(=O)C[C@@H]1c2ccccc2C[C@H]1O.Cl. The quantitative estimate of drug-likeness (QED) is 0.382. The first-order valence-electron chi connectivity index (χ1n) is 10.8. The van der Waals surface area contributed by atoms with Gasteiger partial charge in [0.2, 0.25) is 0 Å². The third-order valence-electron chi connectivity index (χ3n) is 6.22. The number of hydrogen-bond donors (Lipinski definition) is 1. The maximum atomic E-state index is 14.0. The average Bonchev–Trinajstić information content (AvgIpc) is 3.30. The molecule has 0 unspecified atom stereocenters. The number of halogens is 3. The Morgan fingerprint density at radius 1 is 1.15 bits per heavy atom. The predicted molar refractivity (Wildman–Crippen MR) is 126 cm³/mol. The lowest BCUT2D eigenvalue weighted by Gasteiger charge is -2.15. The van der Waals surface area contributed by atoms with Crippen molar-refractivity contribution in [1.29, 1.82) is 0 Å². The van der Waals surface area contributed by atoms with Crippen LogP contribution in [0.3, 0.4) is 0 Å². The number of carbonyl (C=O) groups is 1. The van der Waals surface area contributed by atoms with Crippen LogP contribution in [0.5, 0.6) is 5.75 Å². The number of aliphatic hydroxyl groups is 1. The fourth-order valence-corrected chi connectivity index (χ4v) is 4.62. The van der Waals surface area contributed by atoms with Gasteiger partial charge in [-0.2, -0.15) is 0 Å². The number of benzene rings is 2. The number of Topliss-reactive ketones (excluding diaryl/α,β-unsaturated/α-hetero) is 1. The van der Waals surface area contributed by atoms with Gasteiger partial charge in [-0.25, -0.2) is 13.8 Å². The number of nitrogens with zero attached hydrogens (tertiary/aromatic N) is 2. The summed E-state index contributed by atoms with van der Waals surface area (Å²) < 4.78 is 34.9. The number of ether oxygens (including phenoxy) is 1. The normalized spacial score (nSPS) is 16.8. The number of pyridine rings is 1. The third-order valence-corrected chi connectivity index (χ3v) is 6.22. The van der Waals surface area contributed by atoms with Gasteiger partial charge < -0.3 is 9.84 Å². The van der Waals surface area contributed by atoms with Crippen LogP contribution in [-0.4, -0.2) is 26.4 Å². The Hall–Kier alpha value is -3.29. The number of aliphatic hydroxyl groups excluding tert-OH is 1. The Morgan fingerprint density at radius 2 is 1.94 bits per heavy atom. The molecule has 0 fully saturated rings. The molecule has 1 aliphatic carbocycles. The largest absolute Gasteiger partial charge is 0.485 e. The highest BCUT2D eigenvalue weighted by molar-refractivity contribution is 5.97. The van der Waals surface area contributed by atoms with Gasteiger partial charge in [-0.3, -0.25) is 9.20 Å². The van der Waals surface area contributed by atoms with Gasteiger partial charge in [0, 0.05) is 24.1 Å². The minimum Gasteiger partial charge on any atom is -0.485 e. The van der Waals surface area contributed by atoms with Crippen molar-refractivity contribution >= 4 is 23.8 Å². The summed E-state index contributed by atoms with van der Waals surface area (Å²) in [4.78, 5) is 17.8. The molecule has 0 bridgehead atoms. The fraction of sp³-hybridized carbons (Fsp3) is 0.231. The molecule has 8 heteroatoms. The van der Waals surface area contributed by atoms with E-state index in [4.69, 9.17) is 4.74 Å². The maximum absolute atomic E-state index is 14.0. The van der Waals surface area contributed by atoms with Crippen LogP contribution in [0.1, 0.15) is 45.2 Å².